The van der Waals surface area contributed by atoms with Gasteiger partial charge in [-0.3, -0.25) is 4.79 Å². The van der Waals surface area contributed by atoms with Crippen LogP contribution in [0.3, 0.4) is 0 Å². The third-order valence-corrected chi connectivity index (χ3v) is 5.78. The zero-order chi connectivity index (χ0) is 16.9. The molecule has 0 radical (unpaired) electrons. The molecule has 1 amide bonds. The van der Waals surface area contributed by atoms with Gasteiger partial charge >= 0.3 is 0 Å². The summed E-state index contributed by atoms with van der Waals surface area (Å²) in [5.74, 6) is 1.54. The first kappa shape index (κ1) is 17.4. The van der Waals surface area contributed by atoms with Crippen molar-refractivity contribution in [2.45, 2.75) is 23.8 Å². The molecule has 0 aliphatic carbocycles. The Bertz CT molecular complexity index is 688. The molecule has 1 heterocycles. The molecular formula is C19H20BrNO2S. The number of amides is 1. The number of halogens is 1. The predicted molar refractivity (Wildman–Crippen MR) is 102 cm³/mol. The molecule has 0 spiro atoms. The van der Waals surface area contributed by atoms with Gasteiger partial charge in [-0.05, 0) is 54.8 Å². The van der Waals surface area contributed by atoms with Crippen molar-refractivity contribution in [3.05, 3.63) is 58.6 Å². The minimum atomic E-state index is 0.189. The van der Waals surface area contributed by atoms with Gasteiger partial charge in [-0.15, -0.1) is 11.8 Å². The molecule has 0 saturated carbocycles. The van der Waals surface area contributed by atoms with E-state index in [9.17, 15) is 4.79 Å². The number of nitrogens with zero attached hydrogens (tertiary/aromatic N) is 1. The van der Waals surface area contributed by atoms with Crippen LogP contribution in [0.15, 0.2) is 57.9 Å². The number of carbonyl (C=O) groups excluding carboxylic acids is 1. The molecule has 3 rings (SSSR count). The fourth-order valence-corrected chi connectivity index (χ4v) is 4.05. The van der Waals surface area contributed by atoms with Crippen molar-refractivity contribution in [3.63, 3.8) is 0 Å². The summed E-state index contributed by atoms with van der Waals surface area (Å²) in [7, 11) is 1.67. The maximum absolute atomic E-state index is 12.7. The topological polar surface area (TPSA) is 29.5 Å². The smallest absolute Gasteiger partial charge is 0.233 e. The van der Waals surface area contributed by atoms with Crippen molar-refractivity contribution in [1.82, 2.24) is 4.90 Å². The summed E-state index contributed by atoms with van der Waals surface area (Å²) in [6.07, 6.45) is 2.09. The maximum atomic E-state index is 12.7. The van der Waals surface area contributed by atoms with E-state index >= 15 is 0 Å². The summed E-state index contributed by atoms with van der Waals surface area (Å²) in [4.78, 5) is 15.8. The highest BCUT2D eigenvalue weighted by atomic mass is 79.9. The summed E-state index contributed by atoms with van der Waals surface area (Å²) in [5.41, 5.74) is 1.19. The second kappa shape index (κ2) is 8.08. The summed E-state index contributed by atoms with van der Waals surface area (Å²) >= 11 is 5.03. The van der Waals surface area contributed by atoms with Gasteiger partial charge in [0.05, 0.1) is 18.9 Å². The Balaban J connectivity index is 1.63. The van der Waals surface area contributed by atoms with Gasteiger partial charge in [0.1, 0.15) is 5.75 Å². The van der Waals surface area contributed by atoms with Crippen LogP contribution < -0.4 is 4.74 Å². The van der Waals surface area contributed by atoms with Crippen LogP contribution in [0.1, 0.15) is 24.4 Å². The molecule has 0 N–H and O–H groups in total. The van der Waals surface area contributed by atoms with E-state index in [-0.39, 0.29) is 11.9 Å². The van der Waals surface area contributed by atoms with E-state index in [1.165, 1.54) is 5.56 Å². The first-order chi connectivity index (χ1) is 11.7. The fraction of sp³-hybridized carbons (Fsp3) is 0.316. The molecule has 24 heavy (non-hydrogen) atoms. The van der Waals surface area contributed by atoms with E-state index in [2.05, 4.69) is 28.1 Å². The van der Waals surface area contributed by atoms with Gasteiger partial charge in [-0.2, -0.15) is 0 Å². The van der Waals surface area contributed by atoms with Crippen LogP contribution in [-0.4, -0.2) is 30.2 Å². The van der Waals surface area contributed by atoms with E-state index < -0.39 is 0 Å². The van der Waals surface area contributed by atoms with Crippen LogP contribution in [0.4, 0.5) is 0 Å². The second-order valence-electron chi connectivity index (χ2n) is 5.76. The van der Waals surface area contributed by atoms with Crippen LogP contribution in [-0.2, 0) is 4.79 Å². The molecule has 5 heteroatoms. The Hall–Kier alpha value is -1.46. The minimum Gasteiger partial charge on any atom is -0.497 e. The van der Waals surface area contributed by atoms with Gasteiger partial charge in [0, 0.05) is 15.9 Å². The lowest BCUT2D eigenvalue weighted by atomic mass is 10.0. The van der Waals surface area contributed by atoms with E-state index in [1.54, 1.807) is 18.9 Å². The van der Waals surface area contributed by atoms with Crippen LogP contribution in [0.25, 0.3) is 0 Å². The highest BCUT2D eigenvalue weighted by molar-refractivity contribution is 9.10. The van der Waals surface area contributed by atoms with Crippen molar-refractivity contribution >= 4 is 33.6 Å². The number of hydrogen-bond donors (Lipinski definition) is 0. The highest BCUT2D eigenvalue weighted by Crippen LogP contribution is 2.33. The van der Waals surface area contributed by atoms with Crippen LogP contribution in [0.2, 0.25) is 0 Å². The number of methoxy groups -OCH3 is 1. The zero-order valence-corrected chi connectivity index (χ0v) is 16.0. The lowest BCUT2D eigenvalue weighted by Gasteiger charge is -2.25. The Labute approximate surface area is 155 Å². The molecule has 1 aliphatic heterocycles. The van der Waals surface area contributed by atoms with Crippen LogP contribution >= 0.6 is 27.7 Å². The third kappa shape index (κ3) is 4.14. The van der Waals surface area contributed by atoms with Gasteiger partial charge < -0.3 is 9.64 Å². The quantitative estimate of drug-likeness (QED) is 0.661. The molecule has 1 fully saturated rings. The number of benzene rings is 2. The molecule has 0 unspecified atom stereocenters. The average Bonchev–Trinajstić information content (AvgIpc) is 3.11. The predicted octanol–water partition coefficient (Wildman–Crippen LogP) is 4.91. The van der Waals surface area contributed by atoms with Gasteiger partial charge in [0.2, 0.25) is 5.91 Å². The monoisotopic (exact) mass is 405 g/mol. The minimum absolute atomic E-state index is 0.189. The lowest BCUT2D eigenvalue weighted by molar-refractivity contribution is -0.129. The standard InChI is InChI=1S/C19H20BrNO2S/c1-23-16-8-4-14(5-9-16)18-3-2-12-21(18)19(22)13-24-17-10-6-15(20)7-11-17/h4-11,18H,2-3,12-13H2,1H3/t18-/m1/s1. The van der Waals surface area contributed by atoms with Gasteiger partial charge in [-0.1, -0.05) is 28.1 Å². The zero-order valence-electron chi connectivity index (χ0n) is 13.6. The number of carbonyl (C=O) groups is 1. The second-order valence-corrected chi connectivity index (χ2v) is 7.73. The largest absolute Gasteiger partial charge is 0.497 e. The van der Waals surface area contributed by atoms with Crippen LogP contribution in [0, 0.1) is 0 Å². The Morgan fingerprint density at radius 1 is 1.21 bits per heavy atom. The van der Waals surface area contributed by atoms with Gasteiger partial charge in [0.15, 0.2) is 0 Å². The van der Waals surface area contributed by atoms with Crippen molar-refractivity contribution in [1.29, 1.82) is 0 Å². The van der Waals surface area contributed by atoms with E-state index in [4.69, 9.17) is 4.74 Å². The highest BCUT2D eigenvalue weighted by Gasteiger charge is 2.29. The normalized spacial score (nSPS) is 17.1. The molecule has 2 aromatic carbocycles. The van der Waals surface area contributed by atoms with Gasteiger partial charge in [0.25, 0.3) is 0 Å². The SMILES string of the molecule is COc1ccc([C@H]2CCCN2C(=O)CSc2ccc(Br)cc2)cc1. The molecule has 0 bridgehead atoms. The number of rotatable bonds is 5. The first-order valence-corrected chi connectivity index (χ1v) is 9.77. The summed E-state index contributed by atoms with van der Waals surface area (Å²) in [5, 5.41) is 0. The summed E-state index contributed by atoms with van der Waals surface area (Å²) in [6, 6.07) is 16.3. The van der Waals surface area contributed by atoms with E-state index in [0.29, 0.717) is 5.75 Å². The summed E-state index contributed by atoms with van der Waals surface area (Å²) < 4.78 is 6.27. The molecular weight excluding hydrogens is 386 g/mol. The summed E-state index contributed by atoms with van der Waals surface area (Å²) in [6.45, 7) is 0.844. The third-order valence-electron chi connectivity index (χ3n) is 4.25. The van der Waals surface area contributed by atoms with Gasteiger partial charge in [-0.25, -0.2) is 0 Å². The van der Waals surface area contributed by atoms with Crippen molar-refractivity contribution in [2.24, 2.45) is 0 Å². The van der Waals surface area contributed by atoms with Crippen molar-refractivity contribution in [2.75, 3.05) is 19.4 Å². The molecule has 1 atom stereocenters. The Kier molecular flexibility index (Phi) is 5.85. The molecule has 1 aliphatic rings. The number of hydrogen-bond acceptors (Lipinski definition) is 3. The maximum Gasteiger partial charge on any atom is 0.233 e. The first-order valence-electron chi connectivity index (χ1n) is 7.99. The Morgan fingerprint density at radius 3 is 2.58 bits per heavy atom. The fourth-order valence-electron chi connectivity index (χ4n) is 3.00. The van der Waals surface area contributed by atoms with Crippen molar-refractivity contribution < 1.29 is 9.53 Å². The average molecular weight is 406 g/mol. The van der Waals surface area contributed by atoms with E-state index in [1.807, 2.05) is 41.3 Å². The molecule has 0 aromatic heterocycles. The number of thioether (sulfide) groups is 1. The molecule has 3 nitrogen and oxygen atoms in total. The molecule has 126 valence electrons. The number of likely N-dealkylation sites (tertiary alicyclic amines) is 1. The van der Waals surface area contributed by atoms with Crippen molar-refractivity contribution in [3.8, 4) is 5.75 Å². The Morgan fingerprint density at radius 2 is 1.92 bits per heavy atom. The van der Waals surface area contributed by atoms with E-state index in [0.717, 1.165) is 34.5 Å². The molecule has 1 saturated heterocycles. The molecule has 2 aromatic rings. The number of ether oxygens (including phenoxy) is 1. The van der Waals surface area contributed by atoms with Crippen LogP contribution in [0.5, 0.6) is 5.75 Å². The lowest BCUT2D eigenvalue weighted by Crippen LogP contribution is -2.31.